The quantitative estimate of drug-likeness (QED) is 0.346. The van der Waals surface area contributed by atoms with Gasteiger partial charge in [0.15, 0.2) is 0 Å². The number of furan rings is 1. The van der Waals surface area contributed by atoms with E-state index in [2.05, 4.69) is 9.19 Å². The maximum absolute atomic E-state index is 12.8. The molecule has 0 saturated carbocycles. The number of ether oxygens (including phenoxy) is 1. The van der Waals surface area contributed by atoms with Crippen LogP contribution in [0.1, 0.15) is 37.1 Å². The van der Waals surface area contributed by atoms with Gasteiger partial charge >= 0.3 is 146 Å². The van der Waals surface area contributed by atoms with Gasteiger partial charge in [-0.25, -0.2) is 0 Å². The second kappa shape index (κ2) is 8.74. The van der Waals surface area contributed by atoms with Gasteiger partial charge in [0.1, 0.15) is 0 Å². The molecule has 0 amide bonds. The van der Waals surface area contributed by atoms with Crippen molar-refractivity contribution in [3.63, 3.8) is 0 Å². The van der Waals surface area contributed by atoms with Gasteiger partial charge < -0.3 is 0 Å². The van der Waals surface area contributed by atoms with Crippen LogP contribution in [0.25, 0.3) is 11.3 Å². The first-order valence-corrected chi connectivity index (χ1v) is 11.0. The van der Waals surface area contributed by atoms with Crippen molar-refractivity contribution >= 4 is 28.3 Å². The first-order valence-electron chi connectivity index (χ1n) is 7.48. The Hall–Kier alpha value is -1.24. The number of aromatic nitrogens is 2. The molecular formula is C14H19N2O6PSe. The van der Waals surface area contributed by atoms with E-state index in [4.69, 9.17) is 18.2 Å². The van der Waals surface area contributed by atoms with Crippen LogP contribution in [0.4, 0.5) is 0 Å². The van der Waals surface area contributed by atoms with E-state index in [1.807, 2.05) is 4.94 Å². The van der Waals surface area contributed by atoms with E-state index in [-0.39, 0.29) is 46.5 Å². The molecule has 0 fully saturated rings. The summed E-state index contributed by atoms with van der Waals surface area (Å²) in [5.41, 5.74) is 1.14. The van der Waals surface area contributed by atoms with Crippen LogP contribution in [-0.2, 0) is 24.5 Å². The van der Waals surface area contributed by atoms with Crippen LogP contribution in [0.2, 0.25) is 0 Å². The molecule has 0 aliphatic carbocycles. The van der Waals surface area contributed by atoms with Gasteiger partial charge in [-0.15, -0.1) is 0 Å². The van der Waals surface area contributed by atoms with Crippen molar-refractivity contribution in [3.8, 4) is 11.3 Å². The van der Waals surface area contributed by atoms with Gasteiger partial charge in [-0.1, -0.05) is 0 Å². The standard InChI is InChI=1S/C14H19N2O6PSe/c1-4-19-14(17)12-7-10(11-9-24-16-15-11)13(22-12)8-23(18,20-5-2)21-6-3/h7,9H,4-6,8H2,1-3H3. The first-order chi connectivity index (χ1) is 11.5. The summed E-state index contributed by atoms with van der Waals surface area (Å²) in [5, 5.41) is 4.04. The average molecular weight is 421 g/mol. The van der Waals surface area contributed by atoms with Gasteiger partial charge in [0.2, 0.25) is 0 Å². The number of rotatable bonds is 9. The van der Waals surface area contributed by atoms with Crippen LogP contribution in [0.5, 0.6) is 0 Å². The number of hydrogen-bond donors (Lipinski definition) is 0. The summed E-state index contributed by atoms with van der Waals surface area (Å²) in [4.78, 5) is 13.8. The Kier molecular flexibility index (Phi) is 6.95. The van der Waals surface area contributed by atoms with Gasteiger partial charge in [0, 0.05) is 0 Å². The molecule has 0 bridgehead atoms. The summed E-state index contributed by atoms with van der Waals surface area (Å²) in [7, 11) is -3.38. The minimum absolute atomic E-state index is 0.0249. The Bertz CT molecular complexity index is 705. The van der Waals surface area contributed by atoms with Crippen molar-refractivity contribution in [2.24, 2.45) is 0 Å². The Morgan fingerprint density at radius 1 is 1.25 bits per heavy atom. The first kappa shape index (κ1) is 19.1. The molecule has 2 rings (SSSR count). The molecule has 8 nitrogen and oxygen atoms in total. The van der Waals surface area contributed by atoms with Gasteiger partial charge in [-0.3, -0.25) is 0 Å². The van der Waals surface area contributed by atoms with Crippen LogP contribution >= 0.6 is 7.60 Å². The van der Waals surface area contributed by atoms with E-state index in [0.29, 0.717) is 17.0 Å². The third-order valence-electron chi connectivity index (χ3n) is 2.91. The zero-order valence-electron chi connectivity index (χ0n) is 13.7. The van der Waals surface area contributed by atoms with Crippen molar-refractivity contribution in [2.75, 3.05) is 19.8 Å². The number of nitrogens with zero attached hydrogens (tertiary/aromatic N) is 2. The molecule has 0 aromatic carbocycles. The molecule has 0 saturated heterocycles. The van der Waals surface area contributed by atoms with E-state index in [1.54, 1.807) is 20.8 Å². The fourth-order valence-corrected chi connectivity index (χ4v) is 4.63. The summed E-state index contributed by atoms with van der Waals surface area (Å²) in [6.45, 7) is 5.88. The van der Waals surface area contributed by atoms with Crippen LogP contribution < -0.4 is 0 Å². The predicted molar refractivity (Wildman–Crippen MR) is 87.2 cm³/mol. The fourth-order valence-electron chi connectivity index (χ4n) is 2.05. The summed E-state index contributed by atoms with van der Waals surface area (Å²) in [6.07, 6.45) is -0.0940. The Balaban J connectivity index is 2.39. The normalized spacial score (nSPS) is 11.6. The van der Waals surface area contributed by atoms with E-state index >= 15 is 0 Å². The molecule has 0 unspecified atom stereocenters. The summed E-state index contributed by atoms with van der Waals surface area (Å²) in [6, 6.07) is 1.53. The minimum atomic E-state index is -3.38. The molecule has 132 valence electrons. The Labute approximate surface area is 146 Å². The van der Waals surface area contributed by atoms with E-state index in [9.17, 15) is 9.36 Å². The third-order valence-corrected chi connectivity index (χ3v) is 5.95. The number of esters is 1. The fraction of sp³-hybridized carbons (Fsp3) is 0.500. The number of hydrogen-bond acceptors (Lipinski definition) is 8. The third kappa shape index (κ3) is 4.65. The topological polar surface area (TPSA) is 101 Å². The van der Waals surface area contributed by atoms with Crippen LogP contribution in [-0.4, -0.2) is 49.7 Å². The molecule has 2 aromatic rings. The molecular weight excluding hydrogens is 402 g/mol. The molecule has 0 spiro atoms. The summed E-state index contributed by atoms with van der Waals surface area (Å²) >= 11 is -0.0858. The van der Waals surface area contributed by atoms with Crippen LogP contribution in [0.15, 0.2) is 15.4 Å². The molecule has 2 heterocycles. The van der Waals surface area contributed by atoms with E-state index < -0.39 is 13.6 Å². The van der Waals surface area contributed by atoms with Crippen molar-refractivity contribution in [1.29, 1.82) is 0 Å². The second-order valence-electron chi connectivity index (χ2n) is 4.56. The molecule has 10 heteroatoms. The monoisotopic (exact) mass is 422 g/mol. The van der Waals surface area contributed by atoms with E-state index in [1.165, 1.54) is 6.07 Å². The van der Waals surface area contributed by atoms with Crippen molar-refractivity contribution in [3.05, 3.63) is 22.5 Å². The molecule has 0 N–H and O–H groups in total. The van der Waals surface area contributed by atoms with Crippen LogP contribution in [0.3, 0.4) is 0 Å². The predicted octanol–water partition coefficient (Wildman–Crippen LogP) is 2.74. The average Bonchev–Trinajstić information content (AvgIpc) is 3.16. The molecule has 2 aromatic heterocycles. The molecule has 0 atom stereocenters. The number of carbonyl (C=O) groups is 1. The second-order valence-corrected chi connectivity index (χ2v) is 7.90. The zero-order valence-corrected chi connectivity index (χ0v) is 16.3. The van der Waals surface area contributed by atoms with E-state index in [0.717, 1.165) is 0 Å². The van der Waals surface area contributed by atoms with Crippen molar-refractivity contribution in [2.45, 2.75) is 26.9 Å². The molecule has 24 heavy (non-hydrogen) atoms. The summed E-state index contributed by atoms with van der Waals surface area (Å²) < 4.78 is 37.8. The SMILES string of the molecule is CCOC(=O)c1cc(-c2c[se]nn2)c(CP(=O)(OCC)OCC)o1. The Morgan fingerprint density at radius 3 is 2.50 bits per heavy atom. The van der Waals surface area contributed by atoms with Gasteiger partial charge in [0.05, 0.1) is 0 Å². The molecule has 0 aliphatic rings. The number of carbonyl (C=O) groups excluding carboxylic acids is 1. The van der Waals surface area contributed by atoms with Crippen molar-refractivity contribution in [1.82, 2.24) is 9.19 Å². The molecule has 0 aliphatic heterocycles. The Morgan fingerprint density at radius 2 is 1.96 bits per heavy atom. The van der Waals surface area contributed by atoms with Crippen molar-refractivity contribution < 1.29 is 27.6 Å². The molecule has 0 radical (unpaired) electrons. The zero-order chi connectivity index (χ0) is 17.6. The maximum atomic E-state index is 12.8. The van der Waals surface area contributed by atoms with Gasteiger partial charge in [-0.2, -0.15) is 0 Å². The van der Waals surface area contributed by atoms with Gasteiger partial charge in [-0.05, 0) is 0 Å². The summed E-state index contributed by atoms with van der Waals surface area (Å²) in [5.74, 6) is -0.253. The van der Waals surface area contributed by atoms with Gasteiger partial charge in [0.25, 0.3) is 0 Å². The van der Waals surface area contributed by atoms with Crippen LogP contribution in [0, 0.1) is 0 Å².